The Kier molecular flexibility index (Phi) is 2.67. The molecule has 0 aliphatic carbocycles. The first-order valence-corrected chi connectivity index (χ1v) is 5.15. The summed E-state index contributed by atoms with van der Waals surface area (Å²) in [5, 5.41) is -1.31. The van der Waals surface area contributed by atoms with Crippen LogP contribution in [-0.2, 0) is 14.3 Å². The number of carbonyl (C=O) groups excluding carboxylic acids is 1. The van der Waals surface area contributed by atoms with Gasteiger partial charge in [0, 0.05) is 0 Å². The minimum absolute atomic E-state index is 0.304. The van der Waals surface area contributed by atoms with Crippen molar-refractivity contribution in [1.82, 2.24) is 0 Å². The van der Waals surface area contributed by atoms with E-state index >= 15 is 0 Å². The van der Waals surface area contributed by atoms with Gasteiger partial charge in [0.15, 0.2) is 0 Å². The van der Waals surface area contributed by atoms with Gasteiger partial charge in [-0.2, -0.15) is 0 Å². The van der Waals surface area contributed by atoms with E-state index in [1.807, 2.05) is 30.3 Å². The Morgan fingerprint density at radius 1 is 1.53 bits per heavy atom. The van der Waals surface area contributed by atoms with Crippen LogP contribution in [0.25, 0.3) is 0 Å². The Hall–Kier alpha value is -1.06. The molecular weight excluding hydrogens is 216 g/mol. The highest BCUT2D eigenvalue weighted by atomic mass is 35.5. The lowest BCUT2D eigenvalue weighted by molar-refractivity contribution is -0.146. The van der Waals surface area contributed by atoms with Crippen molar-refractivity contribution in [2.75, 3.05) is 6.61 Å². The minimum Gasteiger partial charge on any atom is -0.463 e. The molecule has 0 saturated carbocycles. The highest BCUT2D eigenvalue weighted by Gasteiger charge is 2.63. The van der Waals surface area contributed by atoms with Crippen molar-refractivity contribution in [1.29, 1.82) is 0 Å². The van der Waals surface area contributed by atoms with Gasteiger partial charge in [-0.15, -0.1) is 0 Å². The highest BCUT2D eigenvalue weighted by Crippen LogP contribution is 2.53. The number of epoxide rings is 1. The number of hydrogen-bond acceptors (Lipinski definition) is 3. The number of carbonyl (C=O) groups is 1. The van der Waals surface area contributed by atoms with E-state index in [4.69, 9.17) is 21.1 Å². The van der Waals surface area contributed by atoms with Gasteiger partial charge in [-0.1, -0.05) is 41.9 Å². The van der Waals surface area contributed by atoms with Crippen molar-refractivity contribution in [3.05, 3.63) is 35.9 Å². The zero-order chi connectivity index (χ0) is 10.9. The Labute approximate surface area is 92.9 Å². The smallest absolute Gasteiger partial charge is 0.357 e. The van der Waals surface area contributed by atoms with Crippen LogP contribution < -0.4 is 0 Å². The number of benzene rings is 1. The van der Waals surface area contributed by atoms with Crippen molar-refractivity contribution in [2.24, 2.45) is 0 Å². The fraction of sp³-hybridized carbons (Fsp3) is 0.364. The fourth-order valence-corrected chi connectivity index (χ4v) is 1.70. The van der Waals surface area contributed by atoms with Crippen molar-refractivity contribution in [3.8, 4) is 0 Å². The van der Waals surface area contributed by atoms with Gasteiger partial charge in [0.25, 0.3) is 5.06 Å². The summed E-state index contributed by atoms with van der Waals surface area (Å²) in [7, 11) is 0. The number of hydrogen-bond donors (Lipinski definition) is 0. The van der Waals surface area contributed by atoms with E-state index < -0.39 is 11.0 Å². The monoisotopic (exact) mass is 226 g/mol. The summed E-state index contributed by atoms with van der Waals surface area (Å²) in [4.78, 5) is 11.4. The third-order valence-electron chi connectivity index (χ3n) is 2.23. The Morgan fingerprint density at radius 3 is 2.80 bits per heavy atom. The lowest BCUT2D eigenvalue weighted by atomic mass is 10.1. The maximum Gasteiger partial charge on any atom is 0.357 e. The summed E-state index contributed by atoms with van der Waals surface area (Å²) in [6.45, 7) is 2.04. The van der Waals surface area contributed by atoms with Gasteiger partial charge < -0.3 is 9.47 Å². The third-order valence-corrected chi connectivity index (χ3v) is 2.67. The van der Waals surface area contributed by atoms with Crippen LogP contribution in [0.2, 0.25) is 0 Å². The molecule has 2 atom stereocenters. The third kappa shape index (κ3) is 1.85. The molecule has 0 aromatic heterocycles. The SMILES string of the molecule is CCOC(=O)C1(Cl)OC1c1ccccc1. The highest BCUT2D eigenvalue weighted by molar-refractivity contribution is 6.35. The van der Waals surface area contributed by atoms with Crippen LogP contribution in [0.3, 0.4) is 0 Å². The van der Waals surface area contributed by atoms with Crippen molar-refractivity contribution >= 4 is 17.6 Å². The van der Waals surface area contributed by atoms with Crippen molar-refractivity contribution in [2.45, 2.75) is 18.1 Å². The maximum atomic E-state index is 11.4. The molecule has 1 aliphatic rings. The number of rotatable bonds is 3. The number of alkyl halides is 1. The molecular formula is C11H11ClO3. The van der Waals surface area contributed by atoms with Gasteiger partial charge in [0.05, 0.1) is 6.61 Å². The van der Waals surface area contributed by atoms with Crippen molar-refractivity contribution < 1.29 is 14.3 Å². The molecule has 0 amide bonds. The average Bonchev–Trinajstić information content (AvgIpc) is 2.94. The molecule has 80 valence electrons. The molecule has 2 rings (SSSR count). The second-order valence-electron chi connectivity index (χ2n) is 3.27. The predicted molar refractivity (Wildman–Crippen MR) is 55.5 cm³/mol. The molecule has 1 aromatic rings. The quantitative estimate of drug-likeness (QED) is 0.451. The summed E-state index contributed by atoms with van der Waals surface area (Å²) < 4.78 is 10.0. The van der Waals surface area contributed by atoms with Gasteiger partial charge >= 0.3 is 5.97 Å². The molecule has 0 spiro atoms. The summed E-state index contributed by atoms with van der Waals surface area (Å²) in [6, 6.07) is 9.38. The van der Waals surface area contributed by atoms with Gasteiger partial charge in [0.2, 0.25) is 0 Å². The van der Waals surface area contributed by atoms with E-state index in [1.165, 1.54) is 0 Å². The zero-order valence-corrected chi connectivity index (χ0v) is 9.03. The minimum atomic E-state index is -1.31. The molecule has 0 N–H and O–H groups in total. The molecule has 1 aliphatic heterocycles. The molecule has 3 nitrogen and oxygen atoms in total. The van der Waals surface area contributed by atoms with Crippen LogP contribution in [0.15, 0.2) is 30.3 Å². The maximum absolute atomic E-state index is 11.4. The predicted octanol–water partition coefficient (Wildman–Crippen LogP) is 2.26. The van der Waals surface area contributed by atoms with Gasteiger partial charge in [-0.3, -0.25) is 0 Å². The normalized spacial score (nSPS) is 28.5. The Morgan fingerprint density at radius 2 is 2.20 bits per heavy atom. The van der Waals surface area contributed by atoms with E-state index in [2.05, 4.69) is 0 Å². The van der Waals surface area contributed by atoms with Crippen molar-refractivity contribution in [3.63, 3.8) is 0 Å². The molecule has 0 radical (unpaired) electrons. The molecule has 0 bridgehead atoms. The molecule has 1 heterocycles. The van der Waals surface area contributed by atoms with E-state index in [0.29, 0.717) is 6.61 Å². The molecule has 1 fully saturated rings. The van der Waals surface area contributed by atoms with Crippen LogP contribution in [0.1, 0.15) is 18.6 Å². The Balaban J connectivity index is 2.09. The van der Waals surface area contributed by atoms with Crippen LogP contribution in [0.5, 0.6) is 0 Å². The molecule has 4 heteroatoms. The summed E-state index contributed by atoms with van der Waals surface area (Å²) >= 11 is 5.98. The number of ether oxygens (including phenoxy) is 2. The fourth-order valence-electron chi connectivity index (χ4n) is 1.43. The first-order chi connectivity index (χ1) is 7.18. The van der Waals surface area contributed by atoms with Crippen LogP contribution >= 0.6 is 11.6 Å². The van der Waals surface area contributed by atoms with E-state index in [0.717, 1.165) is 5.56 Å². The van der Waals surface area contributed by atoms with Crippen LogP contribution in [0.4, 0.5) is 0 Å². The standard InChI is InChI=1S/C11H11ClO3/c1-2-14-10(13)11(12)9(15-11)8-6-4-3-5-7-8/h3-7,9H,2H2,1H3. The first-order valence-electron chi connectivity index (χ1n) is 4.77. The van der Waals surface area contributed by atoms with Gasteiger partial charge in [0.1, 0.15) is 6.10 Å². The Bertz CT molecular complexity index is 365. The van der Waals surface area contributed by atoms with Gasteiger partial charge in [-0.05, 0) is 12.5 Å². The first kappa shape index (κ1) is 10.5. The van der Waals surface area contributed by atoms with E-state index in [-0.39, 0.29) is 6.10 Å². The molecule has 15 heavy (non-hydrogen) atoms. The lowest BCUT2D eigenvalue weighted by Crippen LogP contribution is -2.21. The average molecular weight is 227 g/mol. The van der Waals surface area contributed by atoms with Gasteiger partial charge in [-0.25, -0.2) is 4.79 Å². The second-order valence-corrected chi connectivity index (χ2v) is 3.84. The largest absolute Gasteiger partial charge is 0.463 e. The van der Waals surface area contributed by atoms with Crippen LogP contribution in [0, 0.1) is 0 Å². The number of halogens is 1. The van der Waals surface area contributed by atoms with Crippen LogP contribution in [-0.4, -0.2) is 17.6 Å². The number of esters is 1. The topological polar surface area (TPSA) is 38.8 Å². The molecule has 1 saturated heterocycles. The second kappa shape index (κ2) is 3.83. The van der Waals surface area contributed by atoms with E-state index in [1.54, 1.807) is 6.92 Å². The lowest BCUT2D eigenvalue weighted by Gasteiger charge is -2.03. The van der Waals surface area contributed by atoms with E-state index in [9.17, 15) is 4.79 Å². The molecule has 2 unspecified atom stereocenters. The zero-order valence-electron chi connectivity index (χ0n) is 8.27. The summed E-state index contributed by atoms with van der Waals surface area (Å²) in [6.07, 6.45) is -0.389. The summed E-state index contributed by atoms with van der Waals surface area (Å²) in [5.41, 5.74) is 0.889. The molecule has 1 aromatic carbocycles. The summed E-state index contributed by atoms with van der Waals surface area (Å²) in [5.74, 6) is -0.513.